The third kappa shape index (κ3) is 3.63. The molecule has 0 spiro atoms. The van der Waals surface area contributed by atoms with Crippen LogP contribution in [0.3, 0.4) is 0 Å². The van der Waals surface area contributed by atoms with E-state index in [-0.39, 0.29) is 24.8 Å². The summed E-state index contributed by atoms with van der Waals surface area (Å²) in [6.07, 6.45) is 1.57. The van der Waals surface area contributed by atoms with E-state index in [0.29, 0.717) is 38.4 Å². The monoisotopic (exact) mass is 439 g/mol. The number of rotatable bonds is 6. The predicted octanol–water partition coefficient (Wildman–Crippen LogP) is 4.96. The van der Waals surface area contributed by atoms with E-state index >= 15 is 0 Å². The van der Waals surface area contributed by atoms with Gasteiger partial charge >= 0.3 is 0 Å². The maximum atomic E-state index is 13.7. The van der Waals surface area contributed by atoms with E-state index in [2.05, 4.69) is 20.9 Å². The normalized spacial score (nSPS) is 12.3. The van der Waals surface area contributed by atoms with Gasteiger partial charge in [-0.2, -0.15) is 0 Å². The number of halogens is 3. The van der Waals surface area contributed by atoms with Gasteiger partial charge in [0, 0.05) is 33.2 Å². The Morgan fingerprint density at radius 1 is 1.38 bits per heavy atom. The highest BCUT2D eigenvalue weighted by Gasteiger charge is 2.25. The lowest BCUT2D eigenvalue weighted by Crippen LogP contribution is -2.10. The van der Waals surface area contributed by atoms with Crippen LogP contribution in [0.4, 0.5) is 4.39 Å². The van der Waals surface area contributed by atoms with Crippen molar-refractivity contribution in [1.82, 2.24) is 4.98 Å². The van der Waals surface area contributed by atoms with Crippen molar-refractivity contribution < 1.29 is 19.0 Å². The molecular weight excluding hydrogens is 425 g/mol. The molecule has 0 radical (unpaired) electrons. The minimum absolute atomic E-state index is 0.0901. The first-order valence-electron chi connectivity index (χ1n) is 7.91. The molecule has 2 N–H and O–H groups in total. The van der Waals surface area contributed by atoms with E-state index < -0.39 is 4.83 Å². The number of nitrogens with one attached hydrogen (secondary N) is 1. The van der Waals surface area contributed by atoms with Crippen LogP contribution in [-0.4, -0.2) is 29.1 Å². The minimum Gasteiger partial charge on any atom is -0.491 e. The number of carbonyl (C=O) groups excluding carboxylic acids is 1. The molecule has 1 heterocycles. The molecule has 0 saturated carbocycles. The van der Waals surface area contributed by atoms with Gasteiger partial charge in [-0.15, -0.1) is 0 Å². The van der Waals surface area contributed by atoms with Crippen LogP contribution in [0.25, 0.3) is 10.9 Å². The maximum Gasteiger partial charge on any atom is 0.183 e. The van der Waals surface area contributed by atoms with Crippen LogP contribution >= 0.6 is 27.5 Å². The Hall–Kier alpha value is -1.89. The average molecular weight is 441 g/mol. The van der Waals surface area contributed by atoms with Gasteiger partial charge in [0.2, 0.25) is 0 Å². The molecule has 2 aromatic carbocycles. The SMILES string of the molecule is Cc1cc2c(C(=O)C(Br)c3ccc(Cl)cc3OCCO)c[nH]c2cc1F. The van der Waals surface area contributed by atoms with Crippen molar-refractivity contribution in [3.8, 4) is 5.75 Å². The van der Waals surface area contributed by atoms with Crippen LogP contribution in [0.5, 0.6) is 5.75 Å². The molecule has 1 aromatic heterocycles. The zero-order valence-corrected chi connectivity index (χ0v) is 16.2. The molecule has 0 aliphatic carbocycles. The number of benzene rings is 2. The summed E-state index contributed by atoms with van der Waals surface area (Å²) in [5.41, 5.74) is 2.08. The Balaban J connectivity index is 1.99. The second-order valence-corrected chi connectivity index (χ2v) is 7.18. The number of Topliss-reactive ketones (excluding diaryl/α,β-unsaturated/α-hetero) is 1. The molecule has 0 aliphatic rings. The topological polar surface area (TPSA) is 62.3 Å². The number of hydrogen-bond acceptors (Lipinski definition) is 3. The van der Waals surface area contributed by atoms with Crippen molar-refractivity contribution in [2.45, 2.75) is 11.8 Å². The number of aromatic amines is 1. The second kappa shape index (κ2) is 7.78. The summed E-state index contributed by atoms with van der Waals surface area (Å²) in [6.45, 7) is 1.59. The number of hydrogen-bond donors (Lipinski definition) is 2. The third-order valence-corrected chi connectivity index (χ3v) is 5.20. The van der Waals surface area contributed by atoms with Gasteiger partial charge < -0.3 is 14.8 Å². The Bertz CT molecular complexity index is 973. The zero-order chi connectivity index (χ0) is 18.8. The molecule has 0 bridgehead atoms. The van der Waals surface area contributed by atoms with Crippen molar-refractivity contribution in [2.75, 3.05) is 13.2 Å². The molecule has 7 heteroatoms. The molecule has 1 atom stereocenters. The van der Waals surface area contributed by atoms with E-state index in [1.807, 2.05) is 0 Å². The summed E-state index contributed by atoms with van der Waals surface area (Å²) in [5.74, 6) is -0.103. The van der Waals surface area contributed by atoms with Gasteiger partial charge in [0.05, 0.1) is 6.61 Å². The van der Waals surface area contributed by atoms with Crippen LogP contribution in [0.2, 0.25) is 5.02 Å². The predicted molar refractivity (Wildman–Crippen MR) is 103 cm³/mol. The smallest absolute Gasteiger partial charge is 0.183 e. The number of aromatic nitrogens is 1. The molecular formula is C19H16BrClFNO3. The van der Waals surface area contributed by atoms with E-state index in [1.165, 1.54) is 6.07 Å². The number of aliphatic hydroxyl groups excluding tert-OH is 1. The van der Waals surface area contributed by atoms with Gasteiger partial charge in [0.1, 0.15) is 23.0 Å². The highest BCUT2D eigenvalue weighted by atomic mass is 79.9. The standard InChI is InChI=1S/C19H16BrClFNO3/c1-10-6-13-14(9-23-16(13)8-15(10)22)19(25)18(20)12-3-2-11(21)7-17(12)26-5-4-24/h2-3,6-9,18,23-24H,4-5H2,1H3. The highest BCUT2D eigenvalue weighted by Crippen LogP contribution is 2.37. The molecule has 1 unspecified atom stereocenters. The molecule has 3 rings (SSSR count). The van der Waals surface area contributed by atoms with Gasteiger partial charge in [-0.1, -0.05) is 33.6 Å². The van der Waals surface area contributed by atoms with Crippen LogP contribution in [0.1, 0.15) is 26.3 Å². The second-order valence-electron chi connectivity index (χ2n) is 5.83. The number of aliphatic hydroxyl groups is 1. The summed E-state index contributed by atoms with van der Waals surface area (Å²) in [5, 5.41) is 10.1. The highest BCUT2D eigenvalue weighted by molar-refractivity contribution is 9.09. The fourth-order valence-electron chi connectivity index (χ4n) is 2.73. The van der Waals surface area contributed by atoms with Gasteiger partial charge in [-0.25, -0.2) is 4.39 Å². The zero-order valence-electron chi connectivity index (χ0n) is 13.9. The number of fused-ring (bicyclic) bond motifs is 1. The number of aryl methyl sites for hydroxylation is 1. The van der Waals surface area contributed by atoms with E-state index in [4.69, 9.17) is 21.4 Å². The number of carbonyl (C=O) groups is 1. The van der Waals surface area contributed by atoms with Crippen LogP contribution < -0.4 is 4.74 Å². The largest absolute Gasteiger partial charge is 0.491 e. The van der Waals surface area contributed by atoms with E-state index in [0.717, 1.165) is 0 Å². The van der Waals surface area contributed by atoms with Gasteiger partial charge in [0.15, 0.2) is 5.78 Å². The van der Waals surface area contributed by atoms with E-state index in [1.54, 1.807) is 37.4 Å². The molecule has 3 aromatic rings. The molecule has 136 valence electrons. The minimum atomic E-state index is -0.683. The molecule has 0 saturated heterocycles. The van der Waals surface area contributed by atoms with Crippen LogP contribution in [0, 0.1) is 12.7 Å². The molecule has 0 fully saturated rings. The summed E-state index contributed by atoms with van der Waals surface area (Å²) in [6, 6.07) is 8.00. The molecule has 26 heavy (non-hydrogen) atoms. The molecule has 0 amide bonds. The summed E-state index contributed by atoms with van der Waals surface area (Å²) in [4.78, 5) is 15.3. The van der Waals surface area contributed by atoms with Gasteiger partial charge in [0.25, 0.3) is 0 Å². The first kappa shape index (κ1) is 18.9. The lowest BCUT2D eigenvalue weighted by atomic mass is 10.0. The third-order valence-electron chi connectivity index (χ3n) is 4.05. The number of ketones is 1. The average Bonchev–Trinajstić information content (AvgIpc) is 3.01. The van der Waals surface area contributed by atoms with Crippen LogP contribution in [-0.2, 0) is 0 Å². The summed E-state index contributed by atoms with van der Waals surface area (Å²) < 4.78 is 19.2. The first-order chi connectivity index (χ1) is 12.4. The Morgan fingerprint density at radius 2 is 2.15 bits per heavy atom. The molecule has 0 aliphatic heterocycles. The fraction of sp³-hybridized carbons (Fsp3) is 0.211. The lowest BCUT2D eigenvalue weighted by molar-refractivity contribution is 0.0991. The molecule has 4 nitrogen and oxygen atoms in total. The van der Waals surface area contributed by atoms with Crippen molar-refractivity contribution in [2.24, 2.45) is 0 Å². The number of H-pyrrole nitrogens is 1. The Morgan fingerprint density at radius 3 is 2.88 bits per heavy atom. The Labute approximate surface area is 163 Å². The maximum absolute atomic E-state index is 13.7. The fourth-order valence-corrected chi connectivity index (χ4v) is 3.52. The van der Waals surface area contributed by atoms with Gasteiger partial charge in [-0.3, -0.25) is 4.79 Å². The van der Waals surface area contributed by atoms with Crippen molar-refractivity contribution in [3.05, 3.63) is 64.1 Å². The first-order valence-corrected chi connectivity index (χ1v) is 9.20. The van der Waals surface area contributed by atoms with Crippen LogP contribution in [0.15, 0.2) is 36.5 Å². The lowest BCUT2D eigenvalue weighted by Gasteiger charge is -2.15. The van der Waals surface area contributed by atoms with E-state index in [9.17, 15) is 9.18 Å². The Kier molecular flexibility index (Phi) is 5.65. The van der Waals surface area contributed by atoms with Crippen molar-refractivity contribution in [3.63, 3.8) is 0 Å². The van der Waals surface area contributed by atoms with Crippen molar-refractivity contribution in [1.29, 1.82) is 0 Å². The summed E-state index contributed by atoms with van der Waals surface area (Å²) in [7, 11) is 0. The summed E-state index contributed by atoms with van der Waals surface area (Å²) >= 11 is 9.44. The quantitative estimate of drug-likeness (QED) is 0.421. The van der Waals surface area contributed by atoms with Crippen molar-refractivity contribution >= 4 is 44.2 Å². The van der Waals surface area contributed by atoms with Gasteiger partial charge in [-0.05, 0) is 36.8 Å². The number of alkyl halides is 1. The number of ether oxygens (including phenoxy) is 1.